The summed E-state index contributed by atoms with van der Waals surface area (Å²) in [5, 5.41) is 0. The van der Waals surface area contributed by atoms with Gasteiger partial charge in [-0.2, -0.15) is 0 Å². The SMILES string of the molecule is O[Si](O)(O)O.[Al+3].[Na+].[O-2].[O-2]. The van der Waals surface area contributed by atoms with Crippen molar-refractivity contribution in [1.29, 1.82) is 0 Å². The zero-order valence-electron chi connectivity index (χ0n) is 4.68. The van der Waals surface area contributed by atoms with Crippen LogP contribution < -0.4 is 29.6 Å². The summed E-state index contributed by atoms with van der Waals surface area (Å²) in [6, 6.07) is 0. The predicted octanol–water partition coefficient (Wildman–Crippen LogP) is -6.22. The molecule has 0 aliphatic heterocycles. The van der Waals surface area contributed by atoms with Crippen LogP contribution in [0.4, 0.5) is 0 Å². The summed E-state index contributed by atoms with van der Waals surface area (Å²) in [6.07, 6.45) is 0. The van der Waals surface area contributed by atoms with Crippen molar-refractivity contribution in [3.63, 3.8) is 0 Å². The molecule has 9 heavy (non-hydrogen) atoms. The normalized spacial score (nSPS) is 6.67. The summed E-state index contributed by atoms with van der Waals surface area (Å²) >= 11 is 0. The van der Waals surface area contributed by atoms with Gasteiger partial charge < -0.3 is 30.1 Å². The van der Waals surface area contributed by atoms with E-state index >= 15 is 0 Å². The van der Waals surface area contributed by atoms with Crippen molar-refractivity contribution in [2.75, 3.05) is 0 Å². The van der Waals surface area contributed by atoms with Crippen LogP contribution in [0.1, 0.15) is 0 Å². The Kier molecular flexibility index (Phi) is 42.5. The van der Waals surface area contributed by atoms with Gasteiger partial charge in [0, 0.05) is 0 Å². The molecular formula is H4AlNaO6Si. The minimum atomic E-state index is -4.61. The largest absolute Gasteiger partial charge is 3.00 e. The second-order valence-electron chi connectivity index (χ2n) is 0.600. The van der Waals surface area contributed by atoms with E-state index in [1.807, 2.05) is 0 Å². The molecule has 0 amide bonds. The Labute approximate surface area is 85.7 Å². The molecule has 0 heterocycles. The Morgan fingerprint density at radius 2 is 0.778 bits per heavy atom. The molecule has 0 radical (unpaired) electrons. The van der Waals surface area contributed by atoms with Crippen LogP contribution >= 0.6 is 0 Å². The van der Waals surface area contributed by atoms with Gasteiger partial charge in [-0.1, -0.05) is 0 Å². The smallest absolute Gasteiger partial charge is 2.00 e. The van der Waals surface area contributed by atoms with E-state index in [1.165, 1.54) is 0 Å². The first-order valence-corrected chi connectivity index (χ1v) is 2.68. The van der Waals surface area contributed by atoms with Gasteiger partial charge in [-0.05, 0) is 0 Å². The monoisotopic (exact) mass is 178 g/mol. The molecule has 0 unspecified atom stereocenters. The summed E-state index contributed by atoms with van der Waals surface area (Å²) in [5.74, 6) is 0. The van der Waals surface area contributed by atoms with Crippen LogP contribution in [0.5, 0.6) is 0 Å². The van der Waals surface area contributed by atoms with Crippen LogP contribution in [0, 0.1) is 0 Å². The molecule has 4 N–H and O–H groups in total. The van der Waals surface area contributed by atoms with Gasteiger partial charge in [-0.25, -0.2) is 0 Å². The van der Waals surface area contributed by atoms with Crippen LogP contribution in [-0.4, -0.2) is 45.6 Å². The first kappa shape index (κ1) is 31.3. The Balaban J connectivity index is -0.0000000133. The average molecular weight is 178 g/mol. The van der Waals surface area contributed by atoms with Crippen molar-refractivity contribution in [3.8, 4) is 0 Å². The first-order chi connectivity index (χ1) is 2.00. The minimum absolute atomic E-state index is 0. The van der Waals surface area contributed by atoms with Crippen LogP contribution in [0.3, 0.4) is 0 Å². The molecule has 0 atom stereocenters. The molecular weight excluding hydrogens is 174 g/mol. The molecule has 0 fully saturated rings. The third kappa shape index (κ3) is 235. The second-order valence-corrected chi connectivity index (χ2v) is 1.80. The quantitative estimate of drug-likeness (QED) is 0.274. The molecule has 0 aromatic heterocycles. The van der Waals surface area contributed by atoms with Crippen molar-refractivity contribution in [2.24, 2.45) is 0 Å². The van der Waals surface area contributed by atoms with Gasteiger partial charge in [0.1, 0.15) is 0 Å². The van der Waals surface area contributed by atoms with Crippen LogP contribution in [-0.2, 0) is 11.0 Å². The summed E-state index contributed by atoms with van der Waals surface area (Å²) < 4.78 is 0. The van der Waals surface area contributed by atoms with Crippen molar-refractivity contribution < 1.29 is 59.7 Å². The maximum absolute atomic E-state index is 7.33. The molecule has 0 aliphatic carbocycles. The molecule has 6 nitrogen and oxygen atoms in total. The molecule has 0 aromatic rings. The van der Waals surface area contributed by atoms with Crippen LogP contribution in [0.15, 0.2) is 0 Å². The van der Waals surface area contributed by atoms with E-state index in [9.17, 15) is 0 Å². The molecule has 9 heteroatoms. The minimum Gasteiger partial charge on any atom is -2.00 e. The van der Waals surface area contributed by atoms with E-state index in [4.69, 9.17) is 19.2 Å². The third-order valence-electron chi connectivity index (χ3n) is 0. The van der Waals surface area contributed by atoms with Crippen molar-refractivity contribution in [3.05, 3.63) is 0 Å². The van der Waals surface area contributed by atoms with Crippen LogP contribution in [0.2, 0.25) is 0 Å². The van der Waals surface area contributed by atoms with Gasteiger partial charge in [-0.15, -0.1) is 0 Å². The van der Waals surface area contributed by atoms with E-state index in [2.05, 4.69) is 0 Å². The molecule has 0 rings (SSSR count). The maximum atomic E-state index is 7.33. The zero-order valence-corrected chi connectivity index (χ0v) is 8.84. The number of hydrogen-bond donors (Lipinski definition) is 4. The summed E-state index contributed by atoms with van der Waals surface area (Å²) in [6.45, 7) is 0. The molecule has 48 valence electrons. The van der Waals surface area contributed by atoms with Crippen molar-refractivity contribution in [1.82, 2.24) is 0 Å². The number of rotatable bonds is 0. The predicted molar refractivity (Wildman–Crippen MR) is 21.8 cm³/mol. The van der Waals surface area contributed by atoms with E-state index < -0.39 is 9.05 Å². The van der Waals surface area contributed by atoms with Gasteiger partial charge in [-0.3, -0.25) is 0 Å². The Morgan fingerprint density at radius 3 is 0.778 bits per heavy atom. The van der Waals surface area contributed by atoms with E-state index in [0.29, 0.717) is 0 Å². The molecule has 0 saturated carbocycles. The second kappa shape index (κ2) is 12.2. The molecule has 0 aromatic carbocycles. The van der Waals surface area contributed by atoms with E-state index in [1.54, 1.807) is 0 Å². The standard InChI is InChI=1S/Al.Na.H4O4Si.2O/c;;1-5(2,3)4;;/h;;1-4H;;/q+3;+1;;2*-2. The Hall–Kier alpha value is 1.51. The Morgan fingerprint density at radius 1 is 0.778 bits per heavy atom. The van der Waals surface area contributed by atoms with Crippen LogP contribution in [0.25, 0.3) is 0 Å². The maximum Gasteiger partial charge on any atom is 3.00 e. The fourth-order valence-corrected chi connectivity index (χ4v) is 0. The van der Waals surface area contributed by atoms with Crippen molar-refractivity contribution in [2.45, 2.75) is 0 Å². The average Bonchev–Trinajstić information content (AvgIpc) is 0.722. The van der Waals surface area contributed by atoms with E-state index in [0.717, 1.165) is 0 Å². The van der Waals surface area contributed by atoms with E-state index in [-0.39, 0.29) is 57.9 Å². The summed E-state index contributed by atoms with van der Waals surface area (Å²) in [7, 11) is -4.61. The van der Waals surface area contributed by atoms with Gasteiger partial charge in [0.15, 0.2) is 0 Å². The van der Waals surface area contributed by atoms with Gasteiger partial charge in [0.2, 0.25) is 0 Å². The topological polar surface area (TPSA) is 138 Å². The zero-order chi connectivity index (χ0) is 4.50. The third-order valence-corrected chi connectivity index (χ3v) is 0. The summed E-state index contributed by atoms with van der Waals surface area (Å²) in [5.41, 5.74) is 0. The fourth-order valence-electron chi connectivity index (χ4n) is 0. The van der Waals surface area contributed by atoms with Gasteiger partial charge >= 0.3 is 56.0 Å². The molecule has 0 aliphatic rings. The van der Waals surface area contributed by atoms with Gasteiger partial charge in [0.25, 0.3) is 0 Å². The molecule has 0 spiro atoms. The molecule has 0 bridgehead atoms. The molecule has 0 saturated heterocycles. The first-order valence-electron chi connectivity index (χ1n) is 0.894. The Bertz CT molecular complexity index is 28.5. The summed E-state index contributed by atoms with van der Waals surface area (Å²) in [4.78, 5) is 29.3. The van der Waals surface area contributed by atoms with Crippen molar-refractivity contribution >= 4 is 26.4 Å². The number of hydrogen-bond acceptors (Lipinski definition) is 4. The van der Waals surface area contributed by atoms with Gasteiger partial charge in [0.05, 0.1) is 0 Å². The fraction of sp³-hybridized carbons (Fsp3) is 0.